The Bertz CT molecular complexity index is 670. The Hall–Kier alpha value is -2.37. The van der Waals surface area contributed by atoms with Gasteiger partial charge in [-0.15, -0.1) is 5.10 Å². The van der Waals surface area contributed by atoms with Gasteiger partial charge >= 0.3 is 5.97 Å². The van der Waals surface area contributed by atoms with Crippen molar-refractivity contribution in [2.45, 2.75) is 26.7 Å². The Labute approximate surface area is 129 Å². The number of anilines is 1. The highest BCUT2D eigenvalue weighted by molar-refractivity contribution is 5.86. The molecular weight excluding hydrogens is 280 g/mol. The van der Waals surface area contributed by atoms with Gasteiger partial charge in [-0.2, -0.15) is 0 Å². The van der Waals surface area contributed by atoms with E-state index in [4.69, 9.17) is 5.11 Å². The molecule has 1 saturated heterocycles. The van der Waals surface area contributed by atoms with Gasteiger partial charge in [-0.05, 0) is 49.9 Å². The lowest BCUT2D eigenvalue weighted by Gasteiger charge is -2.32. The van der Waals surface area contributed by atoms with Crippen LogP contribution in [0.25, 0.3) is 5.69 Å². The second kappa shape index (κ2) is 5.79. The van der Waals surface area contributed by atoms with Gasteiger partial charge in [0.2, 0.25) is 0 Å². The van der Waals surface area contributed by atoms with Gasteiger partial charge in [0.25, 0.3) is 0 Å². The van der Waals surface area contributed by atoms with E-state index in [1.807, 2.05) is 12.1 Å². The number of aromatic nitrogens is 3. The van der Waals surface area contributed by atoms with E-state index in [0.717, 1.165) is 24.7 Å². The highest BCUT2D eigenvalue weighted by Crippen LogP contribution is 2.24. The number of hydrogen-bond donors (Lipinski definition) is 1. The van der Waals surface area contributed by atoms with E-state index in [-0.39, 0.29) is 5.69 Å². The van der Waals surface area contributed by atoms with Gasteiger partial charge in [-0.25, -0.2) is 9.48 Å². The molecule has 0 aliphatic carbocycles. The second-order valence-corrected chi connectivity index (χ2v) is 5.93. The first-order valence-corrected chi connectivity index (χ1v) is 7.57. The third kappa shape index (κ3) is 2.68. The molecule has 0 amide bonds. The molecule has 0 saturated carbocycles. The molecular formula is C16H20N4O2. The molecule has 0 spiro atoms. The molecule has 116 valence electrons. The van der Waals surface area contributed by atoms with E-state index in [0.29, 0.717) is 5.69 Å². The van der Waals surface area contributed by atoms with Gasteiger partial charge < -0.3 is 10.0 Å². The maximum absolute atomic E-state index is 11.0. The topological polar surface area (TPSA) is 71.2 Å². The van der Waals surface area contributed by atoms with Crippen LogP contribution in [0.5, 0.6) is 0 Å². The maximum atomic E-state index is 11.0. The van der Waals surface area contributed by atoms with Crippen LogP contribution in [0.3, 0.4) is 0 Å². The van der Waals surface area contributed by atoms with Crippen LogP contribution in [-0.4, -0.2) is 39.2 Å². The van der Waals surface area contributed by atoms with Crippen molar-refractivity contribution in [2.24, 2.45) is 5.92 Å². The first-order chi connectivity index (χ1) is 10.6. The molecule has 1 aromatic heterocycles. The number of hydrogen-bond acceptors (Lipinski definition) is 4. The molecule has 3 rings (SSSR count). The Kier molecular flexibility index (Phi) is 3.83. The van der Waals surface area contributed by atoms with E-state index in [9.17, 15) is 4.79 Å². The normalized spacial score (nSPS) is 16.0. The van der Waals surface area contributed by atoms with Crippen LogP contribution < -0.4 is 4.90 Å². The highest BCUT2D eigenvalue weighted by Gasteiger charge is 2.18. The number of rotatable bonds is 3. The van der Waals surface area contributed by atoms with E-state index in [1.165, 1.54) is 18.5 Å². The van der Waals surface area contributed by atoms with Crippen molar-refractivity contribution in [1.29, 1.82) is 0 Å². The highest BCUT2D eigenvalue weighted by atomic mass is 16.4. The average molecular weight is 300 g/mol. The Balaban J connectivity index is 1.81. The first kappa shape index (κ1) is 14.6. The lowest BCUT2D eigenvalue weighted by atomic mass is 9.99. The smallest absolute Gasteiger partial charge is 0.358 e. The van der Waals surface area contributed by atoms with Crippen LogP contribution in [0.1, 0.15) is 35.9 Å². The van der Waals surface area contributed by atoms with Crippen LogP contribution in [0, 0.1) is 12.8 Å². The number of carboxylic acids is 1. The summed E-state index contributed by atoms with van der Waals surface area (Å²) >= 11 is 0. The molecule has 22 heavy (non-hydrogen) atoms. The van der Waals surface area contributed by atoms with Gasteiger partial charge in [0, 0.05) is 18.8 Å². The van der Waals surface area contributed by atoms with Gasteiger partial charge in [0.05, 0.1) is 11.4 Å². The van der Waals surface area contributed by atoms with E-state index < -0.39 is 5.97 Å². The van der Waals surface area contributed by atoms with Crippen LogP contribution in [0.4, 0.5) is 5.69 Å². The minimum absolute atomic E-state index is 0.00547. The summed E-state index contributed by atoms with van der Waals surface area (Å²) in [6, 6.07) is 8.04. The predicted molar refractivity (Wildman–Crippen MR) is 83.7 cm³/mol. The summed E-state index contributed by atoms with van der Waals surface area (Å²) in [6.45, 7) is 6.19. The van der Waals surface area contributed by atoms with Gasteiger partial charge in [0.15, 0.2) is 5.69 Å². The number of nitrogens with zero attached hydrogens (tertiary/aromatic N) is 4. The monoisotopic (exact) mass is 300 g/mol. The Morgan fingerprint density at radius 1 is 1.18 bits per heavy atom. The van der Waals surface area contributed by atoms with Crippen molar-refractivity contribution < 1.29 is 9.90 Å². The zero-order valence-corrected chi connectivity index (χ0v) is 12.9. The minimum Gasteiger partial charge on any atom is -0.476 e. The van der Waals surface area contributed by atoms with Gasteiger partial charge in [0.1, 0.15) is 0 Å². The van der Waals surface area contributed by atoms with Crippen LogP contribution >= 0.6 is 0 Å². The van der Waals surface area contributed by atoms with Crippen molar-refractivity contribution >= 4 is 11.7 Å². The molecule has 2 heterocycles. The first-order valence-electron chi connectivity index (χ1n) is 7.57. The van der Waals surface area contributed by atoms with E-state index in [2.05, 4.69) is 34.3 Å². The molecule has 6 nitrogen and oxygen atoms in total. The zero-order valence-electron chi connectivity index (χ0n) is 12.9. The van der Waals surface area contributed by atoms with E-state index >= 15 is 0 Å². The number of benzene rings is 1. The largest absolute Gasteiger partial charge is 0.476 e. The lowest BCUT2D eigenvalue weighted by Crippen LogP contribution is -2.32. The van der Waals surface area contributed by atoms with Crippen molar-refractivity contribution in [1.82, 2.24) is 15.0 Å². The molecule has 1 aliphatic rings. The zero-order chi connectivity index (χ0) is 15.7. The minimum atomic E-state index is -1.05. The van der Waals surface area contributed by atoms with Gasteiger partial charge in [-0.1, -0.05) is 12.1 Å². The number of piperidine rings is 1. The third-order valence-corrected chi connectivity index (χ3v) is 4.34. The standard InChI is InChI=1S/C16H20N4O2/c1-11-7-9-19(10-8-11)13-3-5-14(6-4-13)20-12(2)15(16(21)22)17-18-20/h3-6,11H,7-10H2,1-2H3,(H,21,22). The van der Waals surface area contributed by atoms with Crippen molar-refractivity contribution in [2.75, 3.05) is 18.0 Å². The summed E-state index contributed by atoms with van der Waals surface area (Å²) in [5.74, 6) is -0.245. The molecule has 2 aromatic rings. The lowest BCUT2D eigenvalue weighted by molar-refractivity contribution is 0.0689. The van der Waals surface area contributed by atoms with Crippen molar-refractivity contribution in [3.05, 3.63) is 35.7 Å². The average Bonchev–Trinajstić information content (AvgIpc) is 2.90. The van der Waals surface area contributed by atoms with Crippen LogP contribution in [-0.2, 0) is 0 Å². The SMILES string of the molecule is Cc1c(C(=O)O)nnn1-c1ccc(N2CCC(C)CC2)cc1. The maximum Gasteiger partial charge on any atom is 0.358 e. The Morgan fingerprint density at radius 2 is 1.77 bits per heavy atom. The summed E-state index contributed by atoms with van der Waals surface area (Å²) in [5.41, 5.74) is 2.56. The summed E-state index contributed by atoms with van der Waals surface area (Å²) in [7, 11) is 0. The number of aromatic carboxylic acids is 1. The molecule has 0 unspecified atom stereocenters. The molecule has 1 fully saturated rings. The molecule has 1 N–H and O–H groups in total. The van der Waals surface area contributed by atoms with Crippen molar-refractivity contribution in [3.63, 3.8) is 0 Å². The molecule has 6 heteroatoms. The van der Waals surface area contributed by atoms with Crippen LogP contribution in [0.15, 0.2) is 24.3 Å². The Morgan fingerprint density at radius 3 is 2.32 bits per heavy atom. The molecule has 1 aromatic carbocycles. The summed E-state index contributed by atoms with van der Waals surface area (Å²) in [5, 5.41) is 16.7. The third-order valence-electron chi connectivity index (χ3n) is 4.34. The molecule has 0 atom stereocenters. The predicted octanol–water partition coefficient (Wildman–Crippen LogP) is 2.51. The summed E-state index contributed by atoms with van der Waals surface area (Å²) in [4.78, 5) is 13.4. The summed E-state index contributed by atoms with van der Waals surface area (Å²) < 4.78 is 1.56. The van der Waals surface area contributed by atoms with Gasteiger partial charge in [-0.3, -0.25) is 0 Å². The molecule has 0 radical (unpaired) electrons. The molecule has 0 bridgehead atoms. The van der Waals surface area contributed by atoms with E-state index in [1.54, 1.807) is 11.6 Å². The molecule has 1 aliphatic heterocycles. The summed E-state index contributed by atoms with van der Waals surface area (Å²) in [6.07, 6.45) is 2.46. The second-order valence-electron chi connectivity index (χ2n) is 5.93. The van der Waals surface area contributed by atoms with Crippen molar-refractivity contribution in [3.8, 4) is 5.69 Å². The quantitative estimate of drug-likeness (QED) is 0.943. The fraction of sp³-hybridized carbons (Fsp3) is 0.438. The fourth-order valence-electron chi connectivity index (χ4n) is 2.84. The number of carbonyl (C=O) groups is 1. The number of carboxylic acid groups (broad SMARTS) is 1. The fourth-order valence-corrected chi connectivity index (χ4v) is 2.84. The van der Waals surface area contributed by atoms with Crippen LogP contribution in [0.2, 0.25) is 0 Å².